The lowest BCUT2D eigenvalue weighted by Gasteiger charge is -2.19. The van der Waals surface area contributed by atoms with E-state index in [9.17, 15) is 18.0 Å². The first-order valence-electron chi connectivity index (χ1n) is 10.1. The normalized spacial score (nSPS) is 11.1. The van der Waals surface area contributed by atoms with Crippen LogP contribution < -0.4 is 14.8 Å². The third kappa shape index (κ3) is 5.94. The van der Waals surface area contributed by atoms with Gasteiger partial charge < -0.3 is 19.7 Å². The largest absolute Gasteiger partial charge is 0.493 e. The first-order valence-corrected chi connectivity index (χ1v) is 10.1. The zero-order chi connectivity index (χ0) is 24.0. The number of likely N-dealkylation sites (N-methyl/N-ethyl adjacent to an activating group) is 1. The molecule has 2 aromatic carbocycles. The summed E-state index contributed by atoms with van der Waals surface area (Å²) in [4.78, 5) is 18.7. The van der Waals surface area contributed by atoms with Crippen molar-refractivity contribution >= 4 is 17.4 Å². The highest BCUT2D eigenvalue weighted by Crippen LogP contribution is 2.32. The number of amides is 1. The van der Waals surface area contributed by atoms with Crippen LogP contribution in [0.3, 0.4) is 0 Å². The molecule has 0 aliphatic rings. The maximum absolute atomic E-state index is 13.0. The van der Waals surface area contributed by atoms with Crippen LogP contribution in [0, 0.1) is 0 Å². The number of nitrogens with one attached hydrogen (secondary N) is 1. The summed E-state index contributed by atoms with van der Waals surface area (Å²) >= 11 is 0. The summed E-state index contributed by atoms with van der Waals surface area (Å²) in [5.41, 5.74) is 0.611. The molecule has 0 aliphatic carbocycles. The molecule has 1 N–H and O–H groups in total. The van der Waals surface area contributed by atoms with Crippen LogP contribution in [0.1, 0.15) is 21.5 Å². The molecular weight excluding hydrogens is 435 g/mol. The Morgan fingerprint density at radius 3 is 2.48 bits per heavy atom. The molecule has 1 heterocycles. The zero-order valence-corrected chi connectivity index (χ0v) is 18.4. The Balaban J connectivity index is 1.73. The van der Waals surface area contributed by atoms with E-state index in [0.717, 1.165) is 17.7 Å². The number of methoxy groups -OCH3 is 2. The summed E-state index contributed by atoms with van der Waals surface area (Å²) < 4.78 is 49.6. The molecule has 33 heavy (non-hydrogen) atoms. The summed E-state index contributed by atoms with van der Waals surface area (Å²) in [6.07, 6.45) is -2.43. The number of hydrogen-bond donors (Lipinski definition) is 1. The van der Waals surface area contributed by atoms with Gasteiger partial charge in [-0.2, -0.15) is 13.2 Å². The minimum atomic E-state index is -4.47. The third-order valence-corrected chi connectivity index (χ3v) is 5.02. The monoisotopic (exact) mass is 459 g/mol. The van der Waals surface area contributed by atoms with Crippen molar-refractivity contribution in [2.24, 2.45) is 0 Å². The molecule has 0 atom stereocenters. The highest BCUT2D eigenvalue weighted by Gasteiger charge is 2.30. The molecule has 3 aromatic rings. The van der Waals surface area contributed by atoms with Gasteiger partial charge in [0, 0.05) is 25.5 Å². The van der Waals surface area contributed by atoms with E-state index in [1.807, 2.05) is 12.1 Å². The number of ether oxygens (including phenoxy) is 2. The van der Waals surface area contributed by atoms with E-state index in [-0.39, 0.29) is 23.0 Å². The van der Waals surface area contributed by atoms with Gasteiger partial charge >= 0.3 is 6.18 Å². The molecule has 0 aliphatic heterocycles. The average molecular weight is 459 g/mol. The van der Waals surface area contributed by atoms with Crippen LogP contribution in [-0.4, -0.2) is 43.6 Å². The summed E-state index contributed by atoms with van der Waals surface area (Å²) in [5, 5.41) is 2.83. The summed E-state index contributed by atoms with van der Waals surface area (Å²) in [5.74, 6) is 1.09. The second kappa shape index (κ2) is 10.2. The molecule has 174 valence electrons. The molecule has 1 aromatic heterocycles. The number of carbonyl (C=O) groups is 1. The first-order chi connectivity index (χ1) is 15.7. The van der Waals surface area contributed by atoms with Crippen LogP contribution in [0.15, 0.2) is 60.8 Å². The molecule has 3 rings (SSSR count). The van der Waals surface area contributed by atoms with Crippen LogP contribution in [-0.2, 0) is 12.6 Å². The zero-order valence-electron chi connectivity index (χ0n) is 18.4. The topological polar surface area (TPSA) is 63.7 Å². The van der Waals surface area contributed by atoms with Crippen LogP contribution in [0.5, 0.6) is 11.5 Å². The fourth-order valence-corrected chi connectivity index (χ4v) is 3.23. The number of nitrogens with zero attached hydrogens (tertiary/aromatic N) is 2. The number of pyridine rings is 1. The number of anilines is 2. The van der Waals surface area contributed by atoms with Gasteiger partial charge in [-0.3, -0.25) is 4.79 Å². The number of carbonyl (C=O) groups excluding carboxylic acids is 1. The lowest BCUT2D eigenvalue weighted by molar-refractivity contribution is -0.137. The van der Waals surface area contributed by atoms with Crippen LogP contribution in [0.4, 0.5) is 24.7 Å². The predicted molar refractivity (Wildman–Crippen MR) is 119 cm³/mol. The lowest BCUT2D eigenvalue weighted by Crippen LogP contribution is -2.29. The minimum Gasteiger partial charge on any atom is -0.493 e. The Labute approximate surface area is 190 Å². The Morgan fingerprint density at radius 2 is 1.79 bits per heavy atom. The Morgan fingerprint density at radius 1 is 1.03 bits per heavy atom. The van der Waals surface area contributed by atoms with Crippen LogP contribution in [0.2, 0.25) is 0 Å². The van der Waals surface area contributed by atoms with Gasteiger partial charge in [-0.1, -0.05) is 12.1 Å². The standard InChI is InChI=1S/C24H24F3N3O3/c1-30(13-11-16-9-10-20(32-2)21(14-16)33-3)23(31)19-8-5-12-28-22(19)29-18-7-4-6-17(15-18)24(25,26)27/h4-10,12,14-15H,11,13H2,1-3H3,(H,28,29). The second-order valence-corrected chi connectivity index (χ2v) is 7.27. The fourth-order valence-electron chi connectivity index (χ4n) is 3.23. The van der Waals surface area contributed by atoms with E-state index < -0.39 is 11.7 Å². The van der Waals surface area contributed by atoms with Crippen molar-refractivity contribution in [2.75, 3.05) is 33.1 Å². The molecule has 0 spiro atoms. The van der Waals surface area contributed by atoms with E-state index >= 15 is 0 Å². The fraction of sp³-hybridized carbons (Fsp3) is 0.250. The van der Waals surface area contributed by atoms with E-state index in [0.29, 0.717) is 24.5 Å². The Hall–Kier alpha value is -3.75. The molecule has 0 saturated carbocycles. The number of alkyl halides is 3. The van der Waals surface area contributed by atoms with Crippen molar-refractivity contribution in [3.63, 3.8) is 0 Å². The number of halogens is 3. The molecule has 0 bridgehead atoms. The molecule has 9 heteroatoms. The van der Waals surface area contributed by atoms with Gasteiger partial charge in [0.2, 0.25) is 0 Å². The quantitative estimate of drug-likeness (QED) is 0.503. The minimum absolute atomic E-state index is 0.180. The van der Waals surface area contributed by atoms with Gasteiger partial charge in [0.15, 0.2) is 11.5 Å². The first kappa shape index (κ1) is 23.9. The molecule has 0 radical (unpaired) electrons. The third-order valence-electron chi connectivity index (χ3n) is 5.02. The number of benzene rings is 2. The number of aromatic nitrogens is 1. The van der Waals surface area contributed by atoms with Gasteiger partial charge in [-0.25, -0.2) is 4.98 Å². The SMILES string of the molecule is COc1ccc(CCN(C)C(=O)c2cccnc2Nc2cccc(C(F)(F)F)c2)cc1OC. The van der Waals surface area contributed by atoms with Crippen LogP contribution in [0.25, 0.3) is 0 Å². The van der Waals surface area contributed by atoms with Crippen molar-refractivity contribution in [3.8, 4) is 11.5 Å². The summed E-state index contributed by atoms with van der Waals surface area (Å²) in [7, 11) is 4.77. The van der Waals surface area contributed by atoms with Crippen molar-refractivity contribution < 1.29 is 27.4 Å². The highest BCUT2D eigenvalue weighted by molar-refractivity contribution is 5.99. The predicted octanol–water partition coefficient (Wildman–Crippen LogP) is 5.18. The smallest absolute Gasteiger partial charge is 0.416 e. The molecule has 6 nitrogen and oxygen atoms in total. The van der Waals surface area contributed by atoms with Gasteiger partial charge in [0.05, 0.1) is 25.3 Å². The number of hydrogen-bond acceptors (Lipinski definition) is 5. The highest BCUT2D eigenvalue weighted by atomic mass is 19.4. The van der Waals surface area contributed by atoms with Gasteiger partial charge in [0.25, 0.3) is 5.91 Å². The number of rotatable bonds is 8. The molecule has 0 unspecified atom stereocenters. The summed E-state index contributed by atoms with van der Waals surface area (Å²) in [6, 6.07) is 13.5. The average Bonchev–Trinajstić information content (AvgIpc) is 2.81. The van der Waals surface area contributed by atoms with E-state index in [4.69, 9.17) is 9.47 Å². The molecular formula is C24H24F3N3O3. The van der Waals surface area contributed by atoms with Gasteiger partial charge in [-0.05, 0) is 54.4 Å². The second-order valence-electron chi connectivity index (χ2n) is 7.27. The van der Waals surface area contributed by atoms with Gasteiger partial charge in [-0.15, -0.1) is 0 Å². The van der Waals surface area contributed by atoms with Gasteiger partial charge in [0.1, 0.15) is 5.82 Å². The van der Waals surface area contributed by atoms with Crippen molar-refractivity contribution in [3.05, 3.63) is 77.5 Å². The molecule has 0 saturated heterocycles. The van der Waals surface area contributed by atoms with Crippen molar-refractivity contribution in [1.82, 2.24) is 9.88 Å². The van der Waals surface area contributed by atoms with Crippen molar-refractivity contribution in [1.29, 1.82) is 0 Å². The maximum atomic E-state index is 13.0. The summed E-state index contributed by atoms with van der Waals surface area (Å²) in [6.45, 7) is 0.409. The molecule has 0 fully saturated rings. The van der Waals surface area contributed by atoms with E-state index in [1.54, 1.807) is 39.5 Å². The van der Waals surface area contributed by atoms with E-state index in [2.05, 4.69) is 10.3 Å². The van der Waals surface area contributed by atoms with E-state index in [1.165, 1.54) is 23.2 Å². The van der Waals surface area contributed by atoms with Crippen LogP contribution >= 0.6 is 0 Å². The Kier molecular flexibility index (Phi) is 7.42. The lowest BCUT2D eigenvalue weighted by atomic mass is 10.1. The molecule has 1 amide bonds. The van der Waals surface area contributed by atoms with Crippen molar-refractivity contribution in [2.45, 2.75) is 12.6 Å². The Bertz CT molecular complexity index is 1120. The maximum Gasteiger partial charge on any atom is 0.416 e.